The van der Waals surface area contributed by atoms with Crippen LogP contribution in [0.5, 0.6) is 0 Å². The van der Waals surface area contributed by atoms with Gasteiger partial charge in [0.2, 0.25) is 0 Å². The number of allylic oxidation sites excluding steroid dienone is 1. The van der Waals surface area contributed by atoms with Gasteiger partial charge in [-0.3, -0.25) is 4.79 Å². The van der Waals surface area contributed by atoms with E-state index >= 15 is 0 Å². The zero-order valence-corrected chi connectivity index (χ0v) is 13.2. The molecular weight excluding hydrogens is 288 g/mol. The molecule has 0 saturated heterocycles. The van der Waals surface area contributed by atoms with E-state index in [1.807, 2.05) is 49.4 Å². The fraction of sp³-hybridized carbons (Fsp3) is 0.158. The summed E-state index contributed by atoms with van der Waals surface area (Å²) in [6.45, 7) is 4.02. The van der Waals surface area contributed by atoms with Crippen molar-refractivity contribution in [3.05, 3.63) is 81.5 Å². The van der Waals surface area contributed by atoms with Gasteiger partial charge >= 0.3 is 0 Å². The number of nitrogens with zero attached hydrogens (tertiary/aromatic N) is 2. The van der Waals surface area contributed by atoms with E-state index in [1.54, 1.807) is 4.57 Å². The number of aromatic nitrogens is 2. The summed E-state index contributed by atoms with van der Waals surface area (Å²) >= 11 is 0. The highest BCUT2D eigenvalue weighted by molar-refractivity contribution is 5.76. The third kappa shape index (κ3) is 3.16. The lowest BCUT2D eigenvalue weighted by molar-refractivity contribution is 0.419. The third-order valence-electron chi connectivity index (χ3n) is 3.65. The van der Waals surface area contributed by atoms with Gasteiger partial charge in [-0.25, -0.2) is 4.98 Å². The molecule has 3 rings (SSSR count). The predicted molar refractivity (Wildman–Crippen MR) is 92.6 cm³/mol. The summed E-state index contributed by atoms with van der Waals surface area (Å²) < 4.78 is 1.70. The Morgan fingerprint density at radius 1 is 1.22 bits per heavy atom. The first-order valence-corrected chi connectivity index (χ1v) is 7.47. The predicted octanol–water partition coefficient (Wildman–Crippen LogP) is 3.67. The van der Waals surface area contributed by atoms with E-state index in [4.69, 9.17) is 0 Å². The minimum Gasteiger partial charge on any atom is -0.513 e. The van der Waals surface area contributed by atoms with Crippen LogP contribution in [0.25, 0.3) is 17.1 Å². The summed E-state index contributed by atoms with van der Waals surface area (Å²) in [5.41, 5.74) is 3.76. The fourth-order valence-corrected chi connectivity index (χ4v) is 2.65. The second kappa shape index (κ2) is 6.08. The molecule has 0 fully saturated rings. The molecule has 4 nitrogen and oxygen atoms in total. The van der Waals surface area contributed by atoms with Crippen molar-refractivity contribution in [3.63, 3.8) is 0 Å². The Labute approximate surface area is 134 Å². The van der Waals surface area contributed by atoms with E-state index < -0.39 is 0 Å². The van der Waals surface area contributed by atoms with Gasteiger partial charge in [0.25, 0.3) is 5.56 Å². The number of hydrogen-bond donors (Lipinski definition) is 1. The van der Waals surface area contributed by atoms with Gasteiger partial charge in [0.05, 0.1) is 23.3 Å². The molecule has 1 N–H and O–H groups in total. The standard InChI is InChI=1S/C19H18N2O2/c1-13-6-5-7-15(10-13)12-21-18-9-4-3-8-16(18)20-17(19(21)23)11-14(2)22/h3-11,22H,12H2,1-2H3/b14-11-. The molecule has 23 heavy (non-hydrogen) atoms. The Morgan fingerprint density at radius 3 is 2.74 bits per heavy atom. The van der Waals surface area contributed by atoms with Crippen molar-refractivity contribution in [2.24, 2.45) is 0 Å². The van der Waals surface area contributed by atoms with E-state index in [1.165, 1.54) is 13.0 Å². The third-order valence-corrected chi connectivity index (χ3v) is 3.65. The minimum absolute atomic E-state index is 0.0620. The molecule has 0 unspecified atom stereocenters. The normalized spacial score (nSPS) is 11.8. The molecule has 4 heteroatoms. The zero-order valence-electron chi connectivity index (χ0n) is 13.2. The van der Waals surface area contributed by atoms with Crippen LogP contribution in [0.3, 0.4) is 0 Å². The van der Waals surface area contributed by atoms with E-state index in [2.05, 4.69) is 11.1 Å². The monoisotopic (exact) mass is 306 g/mol. The average molecular weight is 306 g/mol. The number of benzene rings is 2. The van der Waals surface area contributed by atoms with Crippen LogP contribution < -0.4 is 5.56 Å². The largest absolute Gasteiger partial charge is 0.513 e. The zero-order chi connectivity index (χ0) is 16.4. The molecule has 1 heterocycles. The number of rotatable bonds is 3. The maximum Gasteiger partial charge on any atom is 0.277 e. The maximum absolute atomic E-state index is 12.8. The van der Waals surface area contributed by atoms with Crippen molar-refractivity contribution in [3.8, 4) is 0 Å². The van der Waals surface area contributed by atoms with Crippen LogP contribution in [0.2, 0.25) is 0 Å². The smallest absolute Gasteiger partial charge is 0.277 e. The molecular formula is C19H18N2O2. The Balaban J connectivity index is 2.23. The lowest BCUT2D eigenvalue weighted by Crippen LogP contribution is -2.24. The summed E-state index contributed by atoms with van der Waals surface area (Å²) in [7, 11) is 0. The van der Waals surface area contributed by atoms with E-state index in [-0.39, 0.29) is 17.0 Å². The van der Waals surface area contributed by atoms with Crippen molar-refractivity contribution >= 4 is 17.1 Å². The molecule has 3 aromatic rings. The molecule has 0 amide bonds. The van der Waals surface area contributed by atoms with Crippen molar-refractivity contribution in [1.82, 2.24) is 9.55 Å². The fourth-order valence-electron chi connectivity index (χ4n) is 2.65. The molecule has 1 aromatic heterocycles. The SMILES string of the molecule is C/C(O)=C/c1nc2ccccc2n(Cc2cccc(C)c2)c1=O. The summed E-state index contributed by atoms with van der Waals surface area (Å²) in [5, 5.41) is 9.49. The Bertz CT molecular complexity index is 951. The second-order valence-corrected chi connectivity index (χ2v) is 5.65. The molecule has 0 aliphatic carbocycles. The first-order chi connectivity index (χ1) is 11.0. The molecule has 0 aliphatic heterocycles. The molecule has 0 atom stereocenters. The van der Waals surface area contributed by atoms with Gasteiger partial charge in [-0.1, -0.05) is 42.0 Å². The van der Waals surface area contributed by atoms with Gasteiger partial charge in [-0.15, -0.1) is 0 Å². The number of para-hydroxylation sites is 2. The number of aliphatic hydroxyl groups is 1. The van der Waals surface area contributed by atoms with Crippen LogP contribution in [0.4, 0.5) is 0 Å². The number of hydrogen-bond acceptors (Lipinski definition) is 3. The highest BCUT2D eigenvalue weighted by Gasteiger charge is 2.10. The van der Waals surface area contributed by atoms with Crippen LogP contribution in [0.1, 0.15) is 23.7 Å². The summed E-state index contributed by atoms with van der Waals surface area (Å²) in [6.07, 6.45) is 1.40. The number of aryl methyl sites for hydroxylation is 1. The van der Waals surface area contributed by atoms with E-state index in [0.29, 0.717) is 6.54 Å². The van der Waals surface area contributed by atoms with Crippen LogP contribution in [-0.2, 0) is 6.54 Å². The van der Waals surface area contributed by atoms with E-state index in [9.17, 15) is 9.90 Å². The lowest BCUT2D eigenvalue weighted by Gasteiger charge is -2.12. The lowest BCUT2D eigenvalue weighted by atomic mass is 10.1. The van der Waals surface area contributed by atoms with Crippen molar-refractivity contribution < 1.29 is 5.11 Å². The first kappa shape index (κ1) is 15.0. The summed E-state index contributed by atoms with van der Waals surface area (Å²) in [4.78, 5) is 17.1. The number of fused-ring (bicyclic) bond motifs is 1. The van der Waals surface area contributed by atoms with Crippen LogP contribution in [-0.4, -0.2) is 14.7 Å². The Morgan fingerprint density at radius 2 is 2.00 bits per heavy atom. The van der Waals surface area contributed by atoms with Crippen molar-refractivity contribution in [1.29, 1.82) is 0 Å². The minimum atomic E-state index is -0.210. The molecule has 0 aliphatic rings. The van der Waals surface area contributed by atoms with Crippen LogP contribution in [0.15, 0.2) is 59.1 Å². The highest BCUT2D eigenvalue weighted by atomic mass is 16.3. The van der Waals surface area contributed by atoms with Crippen molar-refractivity contribution in [2.75, 3.05) is 0 Å². The van der Waals surface area contributed by atoms with Gasteiger partial charge < -0.3 is 9.67 Å². The van der Waals surface area contributed by atoms with Gasteiger partial charge in [0, 0.05) is 6.08 Å². The molecule has 2 aromatic carbocycles. The van der Waals surface area contributed by atoms with Gasteiger partial charge in [-0.05, 0) is 31.5 Å². The molecule has 0 radical (unpaired) electrons. The van der Waals surface area contributed by atoms with E-state index in [0.717, 1.165) is 22.2 Å². The van der Waals surface area contributed by atoms with Crippen molar-refractivity contribution in [2.45, 2.75) is 20.4 Å². The van der Waals surface area contributed by atoms with Gasteiger partial charge in [0.1, 0.15) is 5.69 Å². The quantitative estimate of drug-likeness (QED) is 0.751. The summed E-state index contributed by atoms with van der Waals surface area (Å²) in [5.74, 6) is 0.0620. The first-order valence-electron chi connectivity index (χ1n) is 7.47. The van der Waals surface area contributed by atoms with Gasteiger partial charge in [-0.2, -0.15) is 0 Å². The molecule has 116 valence electrons. The molecule has 0 saturated carbocycles. The Hall–Kier alpha value is -2.88. The average Bonchev–Trinajstić information content (AvgIpc) is 2.51. The van der Waals surface area contributed by atoms with Gasteiger partial charge in [0.15, 0.2) is 0 Å². The van der Waals surface area contributed by atoms with Crippen LogP contribution >= 0.6 is 0 Å². The Kier molecular flexibility index (Phi) is 3.98. The highest BCUT2D eigenvalue weighted by Crippen LogP contribution is 2.14. The number of aliphatic hydroxyl groups excluding tert-OH is 1. The topological polar surface area (TPSA) is 55.1 Å². The summed E-state index contributed by atoms with van der Waals surface area (Å²) in [6, 6.07) is 15.6. The maximum atomic E-state index is 12.8. The molecule has 0 spiro atoms. The molecule has 0 bridgehead atoms. The van der Waals surface area contributed by atoms with Crippen LogP contribution in [0, 0.1) is 6.92 Å². The second-order valence-electron chi connectivity index (χ2n) is 5.65.